The molecular formula is C17H19ClN4O2S. The van der Waals surface area contributed by atoms with Crippen molar-refractivity contribution in [2.75, 3.05) is 18.5 Å². The summed E-state index contributed by atoms with van der Waals surface area (Å²) in [6, 6.07) is 5.61. The number of fused-ring (bicyclic) bond motifs is 1. The third kappa shape index (κ3) is 3.77. The lowest BCUT2D eigenvalue weighted by molar-refractivity contribution is 0.0517. The molecule has 0 aliphatic carbocycles. The number of carbonyl (C=O) groups is 1. The van der Waals surface area contributed by atoms with Crippen molar-refractivity contribution in [2.24, 2.45) is 0 Å². The molecule has 1 aliphatic heterocycles. The van der Waals surface area contributed by atoms with Crippen LogP contribution in [-0.2, 0) is 17.7 Å². The van der Waals surface area contributed by atoms with Gasteiger partial charge >= 0.3 is 5.97 Å². The van der Waals surface area contributed by atoms with Crippen molar-refractivity contribution in [3.63, 3.8) is 0 Å². The standard InChI is InChI=1S/C17H19ClN4O2S/c1-3-24-16(23)15-12-9-22(7-6-14(12)20-21-15)17(25)19-13-5-4-11(18)8-10(13)2/h4-5,8H,3,6-7,9H2,1-2H3,(H,19,25)(H,20,21). The van der Waals surface area contributed by atoms with Gasteiger partial charge in [0, 0.05) is 41.5 Å². The van der Waals surface area contributed by atoms with Crippen LogP contribution in [-0.4, -0.2) is 39.3 Å². The molecule has 0 radical (unpaired) electrons. The molecule has 0 bridgehead atoms. The Bertz CT molecular complexity index is 821. The maximum absolute atomic E-state index is 12.0. The number of rotatable bonds is 3. The summed E-state index contributed by atoms with van der Waals surface area (Å²) in [4.78, 5) is 14.1. The molecule has 2 heterocycles. The molecule has 25 heavy (non-hydrogen) atoms. The zero-order valence-corrected chi connectivity index (χ0v) is 15.6. The maximum Gasteiger partial charge on any atom is 0.359 e. The normalized spacial score (nSPS) is 13.3. The smallest absolute Gasteiger partial charge is 0.359 e. The Labute approximate surface area is 156 Å². The molecule has 2 N–H and O–H groups in total. The third-order valence-corrected chi connectivity index (χ3v) is 4.71. The maximum atomic E-state index is 12.0. The highest BCUT2D eigenvalue weighted by Gasteiger charge is 2.27. The van der Waals surface area contributed by atoms with Crippen molar-refractivity contribution < 1.29 is 9.53 Å². The number of anilines is 1. The van der Waals surface area contributed by atoms with Crippen molar-refractivity contribution in [1.29, 1.82) is 0 Å². The number of hydrogen-bond acceptors (Lipinski definition) is 4. The Morgan fingerprint density at radius 2 is 2.32 bits per heavy atom. The number of carbonyl (C=O) groups excluding carboxylic acids is 1. The minimum absolute atomic E-state index is 0.319. The van der Waals surface area contributed by atoms with E-state index in [0.717, 1.165) is 35.5 Å². The fraction of sp³-hybridized carbons (Fsp3) is 0.353. The first-order valence-corrected chi connectivity index (χ1v) is 8.83. The minimum Gasteiger partial charge on any atom is -0.461 e. The molecule has 0 spiro atoms. The van der Waals surface area contributed by atoms with E-state index >= 15 is 0 Å². The number of nitrogens with one attached hydrogen (secondary N) is 2. The highest BCUT2D eigenvalue weighted by Crippen LogP contribution is 2.24. The summed E-state index contributed by atoms with van der Waals surface area (Å²) in [7, 11) is 0. The molecule has 0 fully saturated rings. The van der Waals surface area contributed by atoms with Gasteiger partial charge in [-0.2, -0.15) is 5.10 Å². The first-order valence-electron chi connectivity index (χ1n) is 8.05. The van der Waals surface area contributed by atoms with Crippen LogP contribution in [0.25, 0.3) is 0 Å². The molecule has 0 atom stereocenters. The Morgan fingerprint density at radius 1 is 1.52 bits per heavy atom. The van der Waals surface area contributed by atoms with Gasteiger partial charge in [0.1, 0.15) is 0 Å². The molecule has 0 saturated carbocycles. The van der Waals surface area contributed by atoms with E-state index in [1.165, 1.54) is 0 Å². The van der Waals surface area contributed by atoms with Crippen LogP contribution in [0, 0.1) is 6.92 Å². The van der Waals surface area contributed by atoms with E-state index in [4.69, 9.17) is 28.6 Å². The average Bonchev–Trinajstić information content (AvgIpc) is 3.00. The fourth-order valence-corrected chi connectivity index (χ4v) is 3.29. The molecule has 1 aromatic carbocycles. The van der Waals surface area contributed by atoms with E-state index in [0.29, 0.717) is 29.0 Å². The fourth-order valence-electron chi connectivity index (χ4n) is 2.80. The van der Waals surface area contributed by atoms with Gasteiger partial charge in [-0.05, 0) is 49.8 Å². The van der Waals surface area contributed by atoms with Gasteiger partial charge in [-0.15, -0.1) is 0 Å². The second kappa shape index (κ2) is 7.41. The molecule has 1 aromatic heterocycles. The summed E-state index contributed by atoms with van der Waals surface area (Å²) in [6.45, 7) is 5.32. The molecule has 0 unspecified atom stereocenters. The number of H-pyrrole nitrogens is 1. The highest BCUT2D eigenvalue weighted by molar-refractivity contribution is 7.80. The number of aromatic nitrogens is 2. The Balaban J connectivity index is 1.74. The van der Waals surface area contributed by atoms with Crippen LogP contribution in [0.3, 0.4) is 0 Å². The molecule has 8 heteroatoms. The number of nitrogens with zero attached hydrogens (tertiary/aromatic N) is 2. The molecule has 0 amide bonds. The number of aromatic amines is 1. The van der Waals surface area contributed by atoms with Crippen molar-refractivity contribution in [2.45, 2.75) is 26.8 Å². The Hall–Kier alpha value is -2.12. The van der Waals surface area contributed by atoms with E-state index in [2.05, 4.69) is 15.5 Å². The molecule has 6 nitrogen and oxygen atoms in total. The van der Waals surface area contributed by atoms with Crippen LogP contribution in [0.4, 0.5) is 5.69 Å². The van der Waals surface area contributed by atoms with E-state index < -0.39 is 5.97 Å². The second-order valence-electron chi connectivity index (χ2n) is 5.81. The van der Waals surface area contributed by atoms with Gasteiger partial charge in [-0.3, -0.25) is 5.10 Å². The molecular weight excluding hydrogens is 360 g/mol. The van der Waals surface area contributed by atoms with E-state index in [1.54, 1.807) is 6.92 Å². The van der Waals surface area contributed by atoms with Crippen molar-refractivity contribution in [3.8, 4) is 0 Å². The molecule has 2 aromatic rings. The van der Waals surface area contributed by atoms with E-state index in [9.17, 15) is 4.79 Å². The quantitative estimate of drug-likeness (QED) is 0.630. The number of hydrogen-bond donors (Lipinski definition) is 2. The van der Waals surface area contributed by atoms with Crippen molar-refractivity contribution >= 4 is 40.6 Å². The largest absolute Gasteiger partial charge is 0.461 e. The molecule has 0 saturated heterocycles. The summed E-state index contributed by atoms with van der Waals surface area (Å²) < 4.78 is 5.07. The lowest BCUT2D eigenvalue weighted by Crippen LogP contribution is -2.39. The van der Waals surface area contributed by atoms with Crippen LogP contribution in [0.2, 0.25) is 5.02 Å². The molecule has 132 valence electrons. The van der Waals surface area contributed by atoms with Crippen LogP contribution in [0.1, 0.15) is 34.2 Å². The van der Waals surface area contributed by atoms with Gasteiger partial charge in [-0.1, -0.05) is 11.6 Å². The Morgan fingerprint density at radius 3 is 3.04 bits per heavy atom. The monoisotopic (exact) mass is 378 g/mol. The SMILES string of the molecule is CCOC(=O)c1n[nH]c2c1CN(C(=S)Nc1ccc(Cl)cc1C)CC2. The topological polar surface area (TPSA) is 70.2 Å². The summed E-state index contributed by atoms with van der Waals surface area (Å²) in [5.41, 5.74) is 4.08. The van der Waals surface area contributed by atoms with Crippen molar-refractivity contribution in [1.82, 2.24) is 15.1 Å². The predicted octanol–water partition coefficient (Wildman–Crippen LogP) is 3.30. The first kappa shape index (κ1) is 17.7. The zero-order valence-electron chi connectivity index (χ0n) is 14.1. The zero-order chi connectivity index (χ0) is 18.0. The summed E-state index contributed by atoms with van der Waals surface area (Å²) >= 11 is 11.5. The molecule has 1 aliphatic rings. The number of halogens is 1. The van der Waals surface area contributed by atoms with Crippen LogP contribution < -0.4 is 5.32 Å². The average molecular weight is 379 g/mol. The molecule has 3 rings (SSSR count). The van der Waals surface area contributed by atoms with Crippen molar-refractivity contribution in [3.05, 3.63) is 45.7 Å². The lowest BCUT2D eigenvalue weighted by atomic mass is 10.1. The minimum atomic E-state index is -0.408. The summed E-state index contributed by atoms with van der Waals surface area (Å²) in [5, 5.41) is 11.6. The van der Waals surface area contributed by atoms with Gasteiger partial charge in [0.05, 0.1) is 6.61 Å². The number of benzene rings is 1. The summed E-state index contributed by atoms with van der Waals surface area (Å²) in [6.07, 6.45) is 0.739. The van der Waals surface area contributed by atoms with Gasteiger partial charge in [0.25, 0.3) is 0 Å². The van der Waals surface area contributed by atoms with Gasteiger partial charge in [0.2, 0.25) is 0 Å². The number of thiocarbonyl (C=S) groups is 1. The third-order valence-electron chi connectivity index (χ3n) is 4.12. The second-order valence-corrected chi connectivity index (χ2v) is 6.63. The van der Waals surface area contributed by atoms with Gasteiger partial charge in [0.15, 0.2) is 10.8 Å². The number of ether oxygens (including phenoxy) is 1. The van der Waals surface area contributed by atoms with E-state index in [-0.39, 0.29) is 0 Å². The van der Waals surface area contributed by atoms with Gasteiger partial charge in [-0.25, -0.2) is 4.79 Å². The van der Waals surface area contributed by atoms with Crippen LogP contribution in [0.15, 0.2) is 18.2 Å². The predicted molar refractivity (Wildman–Crippen MR) is 101 cm³/mol. The van der Waals surface area contributed by atoms with Crippen LogP contribution in [0.5, 0.6) is 0 Å². The van der Waals surface area contributed by atoms with Gasteiger partial charge < -0.3 is 15.0 Å². The summed E-state index contributed by atoms with van der Waals surface area (Å²) in [5.74, 6) is -0.408. The van der Waals surface area contributed by atoms with E-state index in [1.807, 2.05) is 30.0 Å². The lowest BCUT2D eigenvalue weighted by Gasteiger charge is -2.29. The highest BCUT2D eigenvalue weighted by atomic mass is 35.5. The number of esters is 1. The number of aryl methyl sites for hydroxylation is 1. The first-order chi connectivity index (χ1) is 12.0. The Kier molecular flexibility index (Phi) is 5.24. The van der Waals surface area contributed by atoms with Crippen LogP contribution >= 0.6 is 23.8 Å².